The molecule has 0 saturated carbocycles. The van der Waals surface area contributed by atoms with Crippen LogP contribution in [0.3, 0.4) is 0 Å². The Morgan fingerprint density at radius 1 is 1.18 bits per heavy atom. The Morgan fingerprint density at radius 3 is 3.00 bits per heavy atom. The smallest absolute Gasteiger partial charge is 0.151 e. The van der Waals surface area contributed by atoms with Crippen LogP contribution in [0.1, 0.15) is 25.1 Å². The Labute approximate surface area is 80.9 Å². The number of rotatable bonds is 0. The summed E-state index contributed by atoms with van der Waals surface area (Å²) < 4.78 is 1.91. The predicted octanol–water partition coefficient (Wildman–Crippen LogP) is 0.397. The Morgan fingerprint density at radius 2 is 2.09 bits per heavy atom. The van der Waals surface area contributed by atoms with Gasteiger partial charge in [-0.3, -0.25) is 0 Å². The molecule has 0 N–H and O–H groups in total. The molecule has 1 aliphatic heterocycles. The van der Waals surface area contributed by atoms with E-state index in [-0.39, 0.29) is 22.4 Å². The Kier molecular flexibility index (Phi) is 3.23. The summed E-state index contributed by atoms with van der Waals surface area (Å²) in [6.07, 6.45) is 4.80. The van der Waals surface area contributed by atoms with Crippen molar-refractivity contribution in [3.8, 4) is 0 Å². The van der Waals surface area contributed by atoms with Gasteiger partial charge in [-0.1, -0.05) is 6.42 Å². The average molecular weight is 246 g/mol. The number of tetrazole rings is 1. The monoisotopic (exact) mass is 245 g/mol. The molecule has 0 aromatic carbocycles. The van der Waals surface area contributed by atoms with E-state index in [0.717, 1.165) is 18.8 Å². The molecule has 0 amide bonds. The van der Waals surface area contributed by atoms with Crippen LogP contribution in [0.15, 0.2) is 0 Å². The Hall–Kier alpha value is -0.190. The van der Waals surface area contributed by atoms with Crippen molar-refractivity contribution in [1.29, 1.82) is 0 Å². The average Bonchev–Trinajstić information content (AvgIpc) is 2.28. The maximum atomic E-state index is 3.92. The van der Waals surface area contributed by atoms with Gasteiger partial charge in [0.2, 0.25) is 0 Å². The first-order valence-electron chi connectivity index (χ1n) is 3.72. The van der Waals surface area contributed by atoms with Crippen molar-refractivity contribution in [2.45, 2.75) is 32.2 Å². The van der Waals surface area contributed by atoms with Crippen molar-refractivity contribution >= 4 is 0 Å². The van der Waals surface area contributed by atoms with E-state index in [4.69, 9.17) is 0 Å². The fourth-order valence-electron chi connectivity index (χ4n) is 1.30. The van der Waals surface area contributed by atoms with E-state index in [0.29, 0.717) is 0 Å². The van der Waals surface area contributed by atoms with E-state index < -0.39 is 0 Å². The van der Waals surface area contributed by atoms with Gasteiger partial charge in [0.25, 0.3) is 0 Å². The summed E-state index contributed by atoms with van der Waals surface area (Å²) in [4.78, 5) is 0. The number of hydrogen-bond donors (Lipinski definition) is 0. The zero-order valence-electron chi connectivity index (χ0n) is 6.13. The van der Waals surface area contributed by atoms with Gasteiger partial charge in [-0.15, -0.1) is 5.10 Å². The van der Waals surface area contributed by atoms with Gasteiger partial charge in [0.05, 0.1) is 0 Å². The Bertz CT molecular complexity index is 202. The molecule has 0 spiro atoms. The number of nitrogens with zero attached hydrogens (tertiary/aromatic N) is 4. The second-order valence-corrected chi connectivity index (χ2v) is 2.63. The van der Waals surface area contributed by atoms with Crippen LogP contribution >= 0.6 is 0 Å². The van der Waals surface area contributed by atoms with E-state index in [1.165, 1.54) is 19.3 Å². The molecule has 65 valence electrons. The van der Waals surface area contributed by atoms with E-state index in [1.807, 2.05) is 4.68 Å². The molecule has 0 unspecified atom stereocenters. The number of fused-ring (bicyclic) bond motifs is 1. The van der Waals surface area contributed by atoms with E-state index in [9.17, 15) is 0 Å². The topological polar surface area (TPSA) is 43.6 Å². The molecule has 4 nitrogen and oxygen atoms in total. The van der Waals surface area contributed by atoms with Crippen LogP contribution in [0.25, 0.3) is 0 Å². The molecule has 0 atom stereocenters. The molecule has 1 aliphatic rings. The van der Waals surface area contributed by atoms with Crippen LogP contribution < -0.4 is 0 Å². The summed E-state index contributed by atoms with van der Waals surface area (Å²) in [5.74, 6) is 1.05. The first-order chi connectivity index (χ1) is 4.97. The second-order valence-electron chi connectivity index (χ2n) is 2.63. The van der Waals surface area contributed by atoms with Crippen molar-refractivity contribution < 1.29 is 22.4 Å². The molecule has 2 rings (SSSR count). The molecular weight excluding hydrogens is 236 g/mol. The first kappa shape index (κ1) is 8.90. The normalized spacial score (nSPS) is 16.4. The fourth-order valence-corrected chi connectivity index (χ4v) is 1.30. The fraction of sp³-hybridized carbons (Fsp3) is 0.833. The van der Waals surface area contributed by atoms with Gasteiger partial charge >= 0.3 is 0 Å². The molecule has 1 radical (unpaired) electrons. The summed E-state index contributed by atoms with van der Waals surface area (Å²) in [6, 6.07) is 0. The van der Waals surface area contributed by atoms with Crippen LogP contribution in [0.2, 0.25) is 0 Å². The third kappa shape index (κ3) is 1.89. The van der Waals surface area contributed by atoms with Crippen LogP contribution in [0.4, 0.5) is 0 Å². The van der Waals surface area contributed by atoms with Crippen molar-refractivity contribution in [3.63, 3.8) is 0 Å². The molecule has 11 heavy (non-hydrogen) atoms. The maximum Gasteiger partial charge on any atom is 0.151 e. The zero-order chi connectivity index (χ0) is 6.81. The molecule has 1 aromatic rings. The van der Waals surface area contributed by atoms with Gasteiger partial charge in [-0.05, 0) is 23.3 Å². The summed E-state index contributed by atoms with van der Waals surface area (Å²) in [7, 11) is 0. The minimum atomic E-state index is 0. The molecule has 0 fully saturated rings. The summed E-state index contributed by atoms with van der Waals surface area (Å²) >= 11 is 0. The molecule has 0 saturated heterocycles. The SMILES string of the molecule is C1CCc2nnnn2CC1.[Ag]. The standard InChI is InChI=1S/C6H10N4.Ag/c1-2-4-6-7-8-9-10(6)5-3-1;/h1-5H2;. The first-order valence-corrected chi connectivity index (χ1v) is 3.72. The minimum Gasteiger partial charge on any atom is -0.230 e. The number of aryl methyl sites for hydroxylation is 2. The van der Waals surface area contributed by atoms with Crippen LogP contribution in [-0.2, 0) is 35.3 Å². The van der Waals surface area contributed by atoms with Gasteiger partial charge in [0.1, 0.15) is 0 Å². The quantitative estimate of drug-likeness (QED) is 0.622. The van der Waals surface area contributed by atoms with Crippen LogP contribution in [-0.4, -0.2) is 20.2 Å². The Balaban J connectivity index is 0.000000605. The van der Waals surface area contributed by atoms with Gasteiger partial charge < -0.3 is 0 Å². The molecular formula is C6H10AgN4. The summed E-state index contributed by atoms with van der Waals surface area (Å²) in [5.41, 5.74) is 0. The van der Waals surface area contributed by atoms with Gasteiger partial charge in [-0.2, -0.15) is 0 Å². The molecule has 2 heterocycles. The molecule has 0 aliphatic carbocycles. The van der Waals surface area contributed by atoms with Crippen molar-refractivity contribution in [1.82, 2.24) is 20.2 Å². The minimum absolute atomic E-state index is 0. The van der Waals surface area contributed by atoms with Crippen molar-refractivity contribution in [3.05, 3.63) is 5.82 Å². The maximum absolute atomic E-state index is 3.92. The van der Waals surface area contributed by atoms with E-state index in [1.54, 1.807) is 0 Å². The second kappa shape index (κ2) is 3.99. The molecule has 0 bridgehead atoms. The summed E-state index contributed by atoms with van der Waals surface area (Å²) in [6.45, 7) is 1.00. The summed E-state index contributed by atoms with van der Waals surface area (Å²) in [5, 5.41) is 11.4. The largest absolute Gasteiger partial charge is 0.230 e. The van der Waals surface area contributed by atoms with Gasteiger partial charge in [0.15, 0.2) is 5.82 Å². The third-order valence-corrected chi connectivity index (χ3v) is 1.88. The zero-order valence-corrected chi connectivity index (χ0v) is 7.61. The van der Waals surface area contributed by atoms with Crippen LogP contribution in [0.5, 0.6) is 0 Å². The van der Waals surface area contributed by atoms with Crippen molar-refractivity contribution in [2.24, 2.45) is 0 Å². The van der Waals surface area contributed by atoms with Gasteiger partial charge in [-0.25, -0.2) is 4.68 Å². The van der Waals surface area contributed by atoms with Crippen LogP contribution in [0, 0.1) is 0 Å². The van der Waals surface area contributed by atoms with E-state index in [2.05, 4.69) is 15.5 Å². The molecule has 1 aromatic heterocycles. The number of aromatic nitrogens is 4. The van der Waals surface area contributed by atoms with E-state index >= 15 is 0 Å². The van der Waals surface area contributed by atoms with Crippen molar-refractivity contribution in [2.75, 3.05) is 0 Å². The number of hydrogen-bond acceptors (Lipinski definition) is 3. The third-order valence-electron chi connectivity index (χ3n) is 1.88. The van der Waals surface area contributed by atoms with Gasteiger partial charge in [0, 0.05) is 35.3 Å². The molecule has 5 heteroatoms. The predicted molar refractivity (Wildman–Crippen MR) is 35.4 cm³/mol.